The number of hydrogen-bond donors (Lipinski definition) is 0. The van der Waals surface area contributed by atoms with E-state index >= 15 is 0 Å². The molecule has 8 unspecified atom stereocenters. The number of cyclic esters (lactones) is 4. The van der Waals surface area contributed by atoms with Crippen molar-refractivity contribution in [3.05, 3.63) is 89.9 Å². The van der Waals surface area contributed by atoms with Crippen LogP contribution in [-0.4, -0.2) is 143 Å². The van der Waals surface area contributed by atoms with Crippen LogP contribution in [0.25, 0.3) is 0 Å². The van der Waals surface area contributed by atoms with Gasteiger partial charge in [0, 0.05) is 41.0 Å². The van der Waals surface area contributed by atoms with Crippen LogP contribution in [0.15, 0.2) is 77.4 Å². The number of amides is 3. The van der Waals surface area contributed by atoms with Crippen LogP contribution in [0.1, 0.15) is 112 Å². The lowest BCUT2D eigenvalue weighted by Gasteiger charge is -2.36. The summed E-state index contributed by atoms with van der Waals surface area (Å²) in [6, 6.07) is 14.7. The minimum atomic E-state index is -1.51. The Labute approximate surface area is 448 Å². The summed E-state index contributed by atoms with van der Waals surface area (Å²) < 4.78 is 35.5. The summed E-state index contributed by atoms with van der Waals surface area (Å²) in [5, 5.41) is 0. The van der Waals surface area contributed by atoms with Gasteiger partial charge in [-0.2, -0.15) is 0 Å². The van der Waals surface area contributed by atoms with Gasteiger partial charge in [0.2, 0.25) is 0 Å². The van der Waals surface area contributed by atoms with Crippen LogP contribution in [0.4, 0.5) is 0 Å². The molecule has 1 aliphatic heterocycles. The molecule has 2 heterocycles. The fourth-order valence-electron chi connectivity index (χ4n) is 8.79. The summed E-state index contributed by atoms with van der Waals surface area (Å²) >= 11 is 5.93. The smallest absolute Gasteiger partial charge is 0.329 e. The number of thiocarbonyl (C=S) groups is 1. The largest absolute Gasteiger partial charge is 0.486 e. The van der Waals surface area contributed by atoms with E-state index in [2.05, 4.69) is 0 Å². The lowest BCUT2D eigenvalue weighted by molar-refractivity contribution is -0.174. The molecular formula is C57H80N4O13S. The molecule has 0 bridgehead atoms. The number of ether oxygens (including phenoxy) is 5. The highest BCUT2D eigenvalue weighted by molar-refractivity contribution is 7.80. The maximum Gasteiger partial charge on any atom is 0.329 e. The predicted molar refractivity (Wildman–Crippen MR) is 286 cm³/mol. The third kappa shape index (κ3) is 17.9. The van der Waals surface area contributed by atoms with E-state index in [0.29, 0.717) is 22.6 Å². The zero-order valence-corrected chi connectivity index (χ0v) is 47.1. The second-order valence-electron chi connectivity index (χ2n) is 21.3. The Morgan fingerprint density at radius 1 is 0.480 bits per heavy atom. The van der Waals surface area contributed by atoms with Gasteiger partial charge in [-0.3, -0.25) is 14.4 Å². The van der Waals surface area contributed by atoms with E-state index in [4.69, 9.17) is 40.3 Å². The van der Waals surface area contributed by atoms with Gasteiger partial charge in [-0.05, 0) is 98.6 Å². The third-order valence-corrected chi connectivity index (χ3v) is 13.7. The van der Waals surface area contributed by atoms with Gasteiger partial charge >= 0.3 is 23.9 Å². The first-order chi connectivity index (χ1) is 35.3. The Balaban J connectivity index is 1.84. The number of hydrogen-bond acceptors (Lipinski definition) is 14. The zero-order valence-electron chi connectivity index (χ0n) is 46.3. The fourth-order valence-corrected chi connectivity index (χ4v) is 8.97. The topological polar surface area (TPSA) is 192 Å². The number of carbonyl (C=O) groups is 7. The van der Waals surface area contributed by atoms with Crippen LogP contribution in [0, 0.1) is 23.7 Å². The van der Waals surface area contributed by atoms with Gasteiger partial charge in [0.25, 0.3) is 17.7 Å². The first kappa shape index (κ1) is 61.2. The van der Waals surface area contributed by atoms with Gasteiger partial charge in [-0.25, -0.2) is 19.2 Å². The standard InChI is InChI=1S/C57H80N4O13S/c1-34(2)27-44-54(65)71-38(9)50(62)58(11)46(29-36(5)6)56(67)73-49(32-41-22-24-42(25-23-41)70-33-43-21-18-26-69-43)52(64)60(13)45(28-35(3)4)55(66)72-39(10)53(75)61(14)47(30-37(7)8)57(68)74-48(51(63)59(44)12)31-40-19-16-15-17-20-40/h15-26,34-39,44-49H,27-33H2,1-14H3. The number of esters is 4. The summed E-state index contributed by atoms with van der Waals surface area (Å²) in [7, 11) is 5.84. The molecule has 17 nitrogen and oxygen atoms in total. The molecule has 0 aliphatic carbocycles. The highest BCUT2D eigenvalue weighted by Gasteiger charge is 2.42. The maximum atomic E-state index is 14.9. The van der Waals surface area contributed by atoms with E-state index in [9.17, 15) is 33.6 Å². The molecule has 412 valence electrons. The van der Waals surface area contributed by atoms with Gasteiger partial charge in [0.15, 0.2) is 18.3 Å². The number of furan rings is 1. The first-order valence-electron chi connectivity index (χ1n) is 26.0. The zero-order chi connectivity index (χ0) is 55.8. The third-order valence-electron chi connectivity index (χ3n) is 13.0. The number of benzene rings is 2. The molecule has 2 aromatic carbocycles. The Kier molecular flexibility index (Phi) is 23.3. The highest BCUT2D eigenvalue weighted by atomic mass is 32.1. The molecule has 75 heavy (non-hydrogen) atoms. The van der Waals surface area contributed by atoms with E-state index in [1.807, 2.05) is 61.5 Å². The van der Waals surface area contributed by atoms with Crippen LogP contribution < -0.4 is 4.74 Å². The number of rotatable bonds is 15. The Morgan fingerprint density at radius 2 is 0.867 bits per heavy atom. The average molecular weight is 1060 g/mol. The monoisotopic (exact) mass is 1060 g/mol. The van der Waals surface area contributed by atoms with Crippen molar-refractivity contribution in [2.75, 3.05) is 28.2 Å². The van der Waals surface area contributed by atoms with Crippen molar-refractivity contribution in [1.29, 1.82) is 0 Å². The molecule has 3 aromatic rings. The molecule has 0 radical (unpaired) electrons. The van der Waals surface area contributed by atoms with E-state index in [-0.39, 0.29) is 73.8 Å². The van der Waals surface area contributed by atoms with Crippen LogP contribution in [0.5, 0.6) is 5.75 Å². The van der Waals surface area contributed by atoms with E-state index in [1.165, 1.54) is 42.8 Å². The van der Waals surface area contributed by atoms with Gasteiger partial charge in [-0.15, -0.1) is 0 Å². The van der Waals surface area contributed by atoms with Gasteiger partial charge < -0.3 is 47.7 Å². The van der Waals surface area contributed by atoms with Crippen LogP contribution in [-0.2, 0) is 72.0 Å². The normalized spacial score (nSPS) is 23.9. The maximum absolute atomic E-state index is 14.9. The molecule has 0 N–H and O–H groups in total. The molecule has 0 saturated carbocycles. The van der Waals surface area contributed by atoms with Crippen molar-refractivity contribution in [3.8, 4) is 5.75 Å². The van der Waals surface area contributed by atoms with Crippen molar-refractivity contribution < 1.29 is 61.7 Å². The Morgan fingerprint density at radius 3 is 1.28 bits per heavy atom. The number of nitrogens with zero attached hydrogens (tertiary/aromatic N) is 4. The molecule has 8 atom stereocenters. The SMILES string of the molecule is CC(C)CC1C(=O)OC(Cc2ccc(OCc3ccco3)cc2)C(=O)N(C)C(CC(C)C)C(=O)OC(C)C(=S)N(C)C(CC(C)C)C(=O)OC(Cc2ccccc2)C(=O)N(C)C(CC(C)C)C(=O)OC(C)C(=O)N1C. The highest BCUT2D eigenvalue weighted by Crippen LogP contribution is 2.25. The van der Waals surface area contributed by atoms with Crippen molar-refractivity contribution >= 4 is 58.8 Å². The summed E-state index contributed by atoms with van der Waals surface area (Å²) in [5.41, 5.74) is 1.27. The Bertz CT molecular complexity index is 2360. The van der Waals surface area contributed by atoms with Gasteiger partial charge in [0.1, 0.15) is 53.4 Å². The average Bonchev–Trinajstić information content (AvgIpc) is 3.89. The summed E-state index contributed by atoms with van der Waals surface area (Å²) in [4.78, 5) is 107. The molecular weight excluding hydrogens is 981 g/mol. The Hall–Kier alpha value is -6.30. The van der Waals surface area contributed by atoms with E-state index in [1.54, 1.807) is 80.9 Å². The molecule has 1 aromatic heterocycles. The van der Waals surface area contributed by atoms with Crippen molar-refractivity contribution in [3.63, 3.8) is 0 Å². The fraction of sp³-hybridized carbons (Fsp3) is 0.579. The lowest BCUT2D eigenvalue weighted by atomic mass is 10.00. The molecule has 0 spiro atoms. The van der Waals surface area contributed by atoms with Crippen LogP contribution >= 0.6 is 12.2 Å². The molecule has 18 heteroatoms. The quantitative estimate of drug-likeness (QED) is 0.0819. The summed E-state index contributed by atoms with van der Waals surface area (Å²) in [6.45, 7) is 18.2. The first-order valence-corrected chi connectivity index (χ1v) is 26.4. The van der Waals surface area contributed by atoms with E-state index in [0.717, 1.165) is 4.90 Å². The molecule has 1 fully saturated rings. The van der Waals surface area contributed by atoms with Crippen molar-refractivity contribution in [2.24, 2.45) is 23.7 Å². The molecule has 1 saturated heterocycles. The summed E-state index contributed by atoms with van der Waals surface area (Å²) in [5.74, 6) is -4.88. The van der Waals surface area contributed by atoms with E-state index < -0.39 is 90.2 Å². The molecule has 4 rings (SSSR count). The number of carbonyl (C=O) groups excluding carboxylic acids is 7. The van der Waals surface area contributed by atoms with Crippen LogP contribution in [0.2, 0.25) is 0 Å². The second-order valence-corrected chi connectivity index (χ2v) is 21.7. The lowest BCUT2D eigenvalue weighted by Crippen LogP contribution is -2.54. The number of likely N-dealkylation sites (N-methyl/N-ethyl adjacent to an activating group) is 4. The molecule has 1 aliphatic rings. The predicted octanol–water partition coefficient (Wildman–Crippen LogP) is 7.64. The van der Waals surface area contributed by atoms with Gasteiger partial charge in [-0.1, -0.05) is 110 Å². The van der Waals surface area contributed by atoms with Crippen molar-refractivity contribution in [1.82, 2.24) is 19.6 Å². The van der Waals surface area contributed by atoms with Gasteiger partial charge in [0.05, 0.1) is 6.26 Å². The minimum absolute atomic E-state index is 0.0402. The minimum Gasteiger partial charge on any atom is -0.486 e. The van der Waals surface area contributed by atoms with Crippen molar-refractivity contribution in [2.45, 2.75) is 163 Å². The molecule has 3 amide bonds. The summed E-state index contributed by atoms with van der Waals surface area (Å²) in [6.07, 6.45) is -3.52. The van der Waals surface area contributed by atoms with Crippen LogP contribution in [0.3, 0.4) is 0 Å². The second kappa shape index (κ2) is 28.6.